The second-order valence-electron chi connectivity index (χ2n) is 5.74. The molecule has 3 aromatic rings. The number of nitrogens with zero attached hydrogens (tertiary/aromatic N) is 3. The Morgan fingerprint density at radius 2 is 2.23 bits per heavy atom. The van der Waals surface area contributed by atoms with Crippen LogP contribution in [0, 0.1) is 0 Å². The molecule has 2 aromatic heterocycles. The molecule has 0 aliphatic carbocycles. The maximum Gasteiger partial charge on any atom is 0.230 e. The van der Waals surface area contributed by atoms with Gasteiger partial charge in [-0.15, -0.1) is 21.5 Å². The highest BCUT2D eigenvalue weighted by molar-refractivity contribution is 7.99. The van der Waals surface area contributed by atoms with Gasteiger partial charge >= 0.3 is 0 Å². The highest BCUT2D eigenvalue weighted by Crippen LogP contribution is 2.31. The van der Waals surface area contributed by atoms with Crippen molar-refractivity contribution in [2.75, 3.05) is 18.2 Å². The van der Waals surface area contributed by atoms with Crippen LogP contribution in [0.1, 0.15) is 18.0 Å². The number of thiophene rings is 1. The van der Waals surface area contributed by atoms with Crippen molar-refractivity contribution in [1.82, 2.24) is 20.2 Å². The molecule has 4 rings (SSSR count). The van der Waals surface area contributed by atoms with Crippen LogP contribution in [-0.2, 0) is 4.79 Å². The zero-order chi connectivity index (χ0) is 17.9. The van der Waals surface area contributed by atoms with E-state index in [1.807, 2.05) is 41.8 Å². The van der Waals surface area contributed by atoms with E-state index >= 15 is 0 Å². The number of hydrogen-bond acceptors (Lipinski definition) is 7. The van der Waals surface area contributed by atoms with E-state index in [1.54, 1.807) is 11.3 Å². The third-order valence-electron chi connectivity index (χ3n) is 4.03. The van der Waals surface area contributed by atoms with Crippen LogP contribution in [0.4, 0.5) is 0 Å². The molecule has 0 radical (unpaired) electrons. The van der Waals surface area contributed by atoms with Crippen LogP contribution in [0.3, 0.4) is 0 Å². The number of ether oxygens (including phenoxy) is 1. The fraction of sp³-hybridized carbons (Fsp3) is 0.235. The minimum Gasteiger partial charge on any atom is -0.493 e. The van der Waals surface area contributed by atoms with Crippen molar-refractivity contribution in [2.45, 2.75) is 17.6 Å². The molecule has 1 aliphatic rings. The molecular weight excluding hydrogens is 370 g/mol. The molecule has 0 fully saturated rings. The average molecular weight is 387 g/mol. The molecule has 3 N–H and O–H groups in total. The van der Waals surface area contributed by atoms with Crippen LogP contribution in [0.25, 0.3) is 10.7 Å². The van der Waals surface area contributed by atoms with Gasteiger partial charge in [0.15, 0.2) is 5.82 Å². The summed E-state index contributed by atoms with van der Waals surface area (Å²) in [5.41, 5.74) is 1.01. The molecule has 26 heavy (non-hydrogen) atoms. The van der Waals surface area contributed by atoms with Crippen molar-refractivity contribution < 1.29 is 9.53 Å². The van der Waals surface area contributed by atoms with Gasteiger partial charge in [0.1, 0.15) is 5.75 Å². The molecule has 3 heterocycles. The lowest BCUT2D eigenvalue weighted by Gasteiger charge is -2.26. The summed E-state index contributed by atoms with van der Waals surface area (Å²) in [5.74, 6) is 7.64. The van der Waals surface area contributed by atoms with Crippen molar-refractivity contribution in [3.05, 3.63) is 47.3 Å². The fourth-order valence-corrected chi connectivity index (χ4v) is 4.18. The van der Waals surface area contributed by atoms with E-state index in [1.165, 1.54) is 16.4 Å². The zero-order valence-electron chi connectivity index (χ0n) is 13.8. The van der Waals surface area contributed by atoms with Crippen LogP contribution >= 0.6 is 23.1 Å². The minimum atomic E-state index is -0.0719. The van der Waals surface area contributed by atoms with Crippen molar-refractivity contribution in [1.29, 1.82) is 0 Å². The van der Waals surface area contributed by atoms with Crippen LogP contribution in [-0.4, -0.2) is 33.1 Å². The van der Waals surface area contributed by atoms with Crippen LogP contribution in [0.5, 0.6) is 5.75 Å². The molecule has 134 valence electrons. The number of aromatic nitrogens is 3. The molecule has 1 amide bonds. The number of benzene rings is 1. The van der Waals surface area contributed by atoms with Gasteiger partial charge in [0.05, 0.1) is 23.3 Å². The summed E-state index contributed by atoms with van der Waals surface area (Å²) in [4.78, 5) is 13.3. The van der Waals surface area contributed by atoms with Gasteiger partial charge in [0.25, 0.3) is 0 Å². The monoisotopic (exact) mass is 387 g/mol. The molecule has 1 aromatic carbocycles. The lowest BCUT2D eigenvalue weighted by atomic mass is 10.0. The van der Waals surface area contributed by atoms with Gasteiger partial charge in [0.2, 0.25) is 11.1 Å². The predicted molar refractivity (Wildman–Crippen MR) is 102 cm³/mol. The van der Waals surface area contributed by atoms with Gasteiger partial charge in [0, 0.05) is 12.0 Å². The number of hydrogen-bond donors (Lipinski definition) is 2. The van der Waals surface area contributed by atoms with E-state index in [4.69, 9.17) is 10.6 Å². The molecule has 1 unspecified atom stereocenters. The van der Waals surface area contributed by atoms with Gasteiger partial charge in [-0.3, -0.25) is 4.79 Å². The molecule has 0 bridgehead atoms. The fourth-order valence-electron chi connectivity index (χ4n) is 2.81. The average Bonchev–Trinajstić information content (AvgIpc) is 3.30. The third-order valence-corrected chi connectivity index (χ3v) is 5.84. The summed E-state index contributed by atoms with van der Waals surface area (Å²) in [7, 11) is 0. The molecule has 7 nitrogen and oxygen atoms in total. The Labute approximate surface area is 158 Å². The summed E-state index contributed by atoms with van der Waals surface area (Å²) >= 11 is 2.81. The Morgan fingerprint density at radius 3 is 3.08 bits per heavy atom. The van der Waals surface area contributed by atoms with Gasteiger partial charge in [-0.05, 0) is 17.5 Å². The molecule has 0 saturated carbocycles. The van der Waals surface area contributed by atoms with E-state index in [9.17, 15) is 4.79 Å². The number of para-hydroxylation sites is 1. The number of nitrogens with one attached hydrogen (secondary N) is 1. The lowest BCUT2D eigenvalue weighted by molar-refractivity contribution is -0.119. The van der Waals surface area contributed by atoms with E-state index in [0.29, 0.717) is 17.6 Å². The summed E-state index contributed by atoms with van der Waals surface area (Å²) < 4.78 is 7.05. The largest absolute Gasteiger partial charge is 0.493 e. The summed E-state index contributed by atoms with van der Waals surface area (Å²) in [6.45, 7) is 0.594. The number of fused-ring (bicyclic) bond motifs is 1. The second kappa shape index (κ2) is 7.38. The molecule has 1 atom stereocenters. The maximum absolute atomic E-state index is 12.4. The Kier molecular flexibility index (Phi) is 4.81. The molecule has 1 aliphatic heterocycles. The second-order valence-corrected chi connectivity index (χ2v) is 7.63. The predicted octanol–water partition coefficient (Wildman–Crippen LogP) is 2.45. The van der Waals surface area contributed by atoms with E-state index in [2.05, 4.69) is 15.5 Å². The van der Waals surface area contributed by atoms with Gasteiger partial charge in [-0.2, -0.15) is 0 Å². The maximum atomic E-state index is 12.4. The van der Waals surface area contributed by atoms with E-state index < -0.39 is 0 Å². The summed E-state index contributed by atoms with van der Waals surface area (Å²) in [6, 6.07) is 11.6. The number of nitrogen functional groups attached to an aromatic ring is 1. The number of carbonyl (C=O) groups is 1. The zero-order valence-corrected chi connectivity index (χ0v) is 15.4. The van der Waals surface area contributed by atoms with Gasteiger partial charge in [-0.25, -0.2) is 4.68 Å². The number of amides is 1. The highest BCUT2D eigenvalue weighted by atomic mass is 32.2. The van der Waals surface area contributed by atoms with Gasteiger partial charge < -0.3 is 15.9 Å². The normalized spacial score (nSPS) is 15.9. The van der Waals surface area contributed by atoms with Crippen molar-refractivity contribution in [3.63, 3.8) is 0 Å². The highest BCUT2D eigenvalue weighted by Gasteiger charge is 2.23. The minimum absolute atomic E-state index is 0.0366. The van der Waals surface area contributed by atoms with E-state index in [-0.39, 0.29) is 17.7 Å². The Morgan fingerprint density at radius 1 is 1.35 bits per heavy atom. The van der Waals surface area contributed by atoms with Crippen LogP contribution < -0.4 is 15.9 Å². The van der Waals surface area contributed by atoms with Crippen molar-refractivity contribution in [2.24, 2.45) is 0 Å². The molecule has 0 spiro atoms. The van der Waals surface area contributed by atoms with Crippen molar-refractivity contribution in [3.8, 4) is 16.5 Å². The number of nitrogens with two attached hydrogens (primary N) is 1. The summed E-state index contributed by atoms with van der Waals surface area (Å²) in [5, 5.41) is 13.7. The number of rotatable bonds is 5. The topological polar surface area (TPSA) is 95.1 Å². The molecular formula is C17H17N5O2S2. The molecule has 0 saturated heterocycles. The Balaban J connectivity index is 1.38. The first kappa shape index (κ1) is 16.9. The van der Waals surface area contributed by atoms with Crippen LogP contribution in [0.2, 0.25) is 0 Å². The quantitative estimate of drug-likeness (QED) is 0.516. The first-order chi connectivity index (χ1) is 12.7. The standard InChI is InChI=1S/C17H17N5O2S2/c18-22-16(14-6-3-9-25-14)20-21-17(22)26-10-15(23)19-12-7-8-24-13-5-2-1-4-11(12)13/h1-6,9,12H,7-8,10,18H2,(H,19,23). The SMILES string of the molecule is Nn1c(SCC(=O)NC2CCOc3ccccc32)nnc1-c1cccs1. The smallest absolute Gasteiger partial charge is 0.230 e. The first-order valence-corrected chi connectivity index (χ1v) is 9.97. The Bertz CT molecular complexity index is 910. The first-order valence-electron chi connectivity index (χ1n) is 8.10. The van der Waals surface area contributed by atoms with Crippen molar-refractivity contribution >= 4 is 29.0 Å². The number of carbonyl (C=O) groups excluding carboxylic acids is 1. The lowest BCUT2D eigenvalue weighted by Crippen LogP contribution is -2.33. The van der Waals surface area contributed by atoms with E-state index in [0.717, 1.165) is 22.6 Å². The third kappa shape index (κ3) is 3.40. The van der Waals surface area contributed by atoms with Crippen LogP contribution in [0.15, 0.2) is 46.9 Å². The Hall–Kier alpha value is -2.52. The molecule has 9 heteroatoms. The number of thioether (sulfide) groups is 1. The summed E-state index contributed by atoms with van der Waals surface area (Å²) in [6.07, 6.45) is 0.753. The van der Waals surface area contributed by atoms with Gasteiger partial charge in [-0.1, -0.05) is 36.0 Å².